The summed E-state index contributed by atoms with van der Waals surface area (Å²) >= 11 is 0. The van der Waals surface area contributed by atoms with Crippen molar-refractivity contribution >= 4 is 17.9 Å². The predicted molar refractivity (Wildman–Crippen MR) is 316 cm³/mol. The van der Waals surface area contributed by atoms with Crippen LogP contribution < -0.4 is 0 Å². The molecule has 0 rings (SSSR count). The molecule has 0 heterocycles. The summed E-state index contributed by atoms with van der Waals surface area (Å²) in [5.41, 5.74) is 0. The number of carbonyl (C=O) groups excluding carboxylic acids is 3. The molecule has 0 radical (unpaired) electrons. The van der Waals surface area contributed by atoms with Gasteiger partial charge in [-0.05, 0) is 135 Å². The number of allylic oxidation sites excluding steroid dienone is 22. The monoisotopic (exact) mass is 1010 g/mol. The van der Waals surface area contributed by atoms with Gasteiger partial charge in [0.1, 0.15) is 13.2 Å². The summed E-state index contributed by atoms with van der Waals surface area (Å²) in [5.74, 6) is -0.977. The van der Waals surface area contributed by atoms with Crippen molar-refractivity contribution in [2.75, 3.05) is 13.2 Å². The number of rotatable bonds is 52. The highest BCUT2D eigenvalue weighted by Crippen LogP contribution is 2.13. The van der Waals surface area contributed by atoms with Crippen LogP contribution in [0.3, 0.4) is 0 Å². The summed E-state index contributed by atoms with van der Waals surface area (Å²) in [6, 6.07) is 0. The highest BCUT2D eigenvalue weighted by Gasteiger charge is 2.19. The first-order valence-electron chi connectivity index (χ1n) is 29.7. The first-order valence-corrected chi connectivity index (χ1v) is 29.7. The first-order chi connectivity index (χ1) is 36.0. The van der Waals surface area contributed by atoms with Crippen molar-refractivity contribution in [3.8, 4) is 0 Å². The molecule has 0 aromatic rings. The third kappa shape index (κ3) is 58.3. The van der Waals surface area contributed by atoms with Gasteiger partial charge in [0.2, 0.25) is 0 Å². The van der Waals surface area contributed by atoms with Gasteiger partial charge in [-0.15, -0.1) is 0 Å². The molecule has 0 aliphatic heterocycles. The molecule has 0 aromatic heterocycles. The van der Waals surface area contributed by atoms with E-state index in [9.17, 15) is 14.4 Å². The van der Waals surface area contributed by atoms with E-state index in [-0.39, 0.29) is 31.1 Å². The molecule has 0 aliphatic carbocycles. The first kappa shape index (κ1) is 68.6. The van der Waals surface area contributed by atoms with E-state index in [0.29, 0.717) is 25.7 Å². The number of unbranched alkanes of at least 4 members (excludes halogenated alkanes) is 19. The molecule has 0 aliphatic rings. The van der Waals surface area contributed by atoms with Crippen LogP contribution in [0.2, 0.25) is 0 Å². The molecular weight excluding hydrogens is 901 g/mol. The smallest absolute Gasteiger partial charge is 0.306 e. The molecule has 0 bridgehead atoms. The maximum absolute atomic E-state index is 12.8. The molecule has 0 N–H and O–H groups in total. The van der Waals surface area contributed by atoms with E-state index in [0.717, 1.165) is 148 Å². The lowest BCUT2D eigenvalue weighted by atomic mass is 10.1. The van der Waals surface area contributed by atoms with Crippen LogP contribution in [0, 0.1) is 0 Å². The van der Waals surface area contributed by atoms with Gasteiger partial charge in [-0.1, -0.05) is 231 Å². The predicted octanol–water partition coefficient (Wildman–Crippen LogP) is 20.2. The van der Waals surface area contributed by atoms with Crippen LogP contribution in [-0.2, 0) is 28.6 Å². The van der Waals surface area contributed by atoms with Crippen molar-refractivity contribution < 1.29 is 28.6 Å². The second-order valence-electron chi connectivity index (χ2n) is 19.2. The zero-order valence-corrected chi connectivity index (χ0v) is 47.1. The van der Waals surface area contributed by atoms with Crippen molar-refractivity contribution in [3.05, 3.63) is 134 Å². The molecule has 1 atom stereocenters. The Balaban J connectivity index is 4.45. The summed E-state index contributed by atoms with van der Waals surface area (Å²) in [6.07, 6.45) is 84.5. The maximum atomic E-state index is 12.8. The Morgan fingerprint density at radius 2 is 0.562 bits per heavy atom. The SMILES string of the molecule is CC/C=C\C/C=C\C/C=C\C/C=C\C/C=C\C/C=C\C/C=C\C/C=C\CCCCC(=O)OCC(COC(=O)CCCCCCC/C=C\C/C=C\CCC)OC(=O)CCCCCCC/C=C\CCCCCCCC. The normalized spacial score (nSPS) is 13.1. The lowest BCUT2D eigenvalue weighted by Crippen LogP contribution is -2.30. The molecule has 412 valence electrons. The second kappa shape index (κ2) is 60.1. The van der Waals surface area contributed by atoms with E-state index < -0.39 is 6.10 Å². The van der Waals surface area contributed by atoms with Crippen molar-refractivity contribution in [1.82, 2.24) is 0 Å². The number of hydrogen-bond acceptors (Lipinski definition) is 6. The second-order valence-corrected chi connectivity index (χ2v) is 19.2. The van der Waals surface area contributed by atoms with Gasteiger partial charge in [-0.25, -0.2) is 0 Å². The average molecular weight is 1010 g/mol. The standard InChI is InChI=1S/C67H108O6/c1-4-7-10-13-16-19-22-25-27-28-29-30-31-32-33-34-35-36-37-38-40-42-45-48-51-54-57-60-66(69)72-63-64(62-71-65(68)59-56-53-50-47-44-41-24-21-18-15-12-9-6-3)73-67(70)61-58-55-52-49-46-43-39-26-23-20-17-14-11-8-5-2/h7,10,12,15-16,19,21,24-27,29-30,32-33,35-36,38-40,45,48,64H,4-6,8-9,11,13-14,17-18,20,22-23,28,31,34,37,41-44,46-47,49-63H2,1-3H3/b10-7-,15-12-,19-16-,24-21-,27-25-,30-29-,33-32-,36-35-,39-26-,40-38-,48-45-. The minimum atomic E-state index is -0.811. The van der Waals surface area contributed by atoms with E-state index in [1.807, 2.05) is 0 Å². The third-order valence-electron chi connectivity index (χ3n) is 12.1. The molecule has 0 amide bonds. The fourth-order valence-electron chi connectivity index (χ4n) is 7.67. The van der Waals surface area contributed by atoms with E-state index in [1.54, 1.807) is 0 Å². The van der Waals surface area contributed by atoms with Crippen molar-refractivity contribution in [3.63, 3.8) is 0 Å². The van der Waals surface area contributed by atoms with Crippen LogP contribution in [0.5, 0.6) is 0 Å². The molecule has 6 nitrogen and oxygen atoms in total. The Bertz CT molecular complexity index is 1580. The fourth-order valence-corrected chi connectivity index (χ4v) is 7.67. The summed E-state index contributed by atoms with van der Waals surface area (Å²) in [7, 11) is 0. The molecule has 73 heavy (non-hydrogen) atoms. The van der Waals surface area contributed by atoms with Crippen LogP contribution in [-0.4, -0.2) is 37.2 Å². The number of carbonyl (C=O) groups is 3. The fraction of sp³-hybridized carbons (Fsp3) is 0.627. The van der Waals surface area contributed by atoms with Crippen molar-refractivity contribution in [1.29, 1.82) is 0 Å². The topological polar surface area (TPSA) is 78.9 Å². The number of esters is 3. The van der Waals surface area contributed by atoms with Gasteiger partial charge in [-0.3, -0.25) is 14.4 Å². The Morgan fingerprint density at radius 3 is 0.932 bits per heavy atom. The summed E-state index contributed by atoms with van der Waals surface area (Å²) in [4.78, 5) is 38.1. The van der Waals surface area contributed by atoms with E-state index in [2.05, 4.69) is 154 Å². The lowest BCUT2D eigenvalue weighted by Gasteiger charge is -2.18. The highest BCUT2D eigenvalue weighted by molar-refractivity contribution is 5.71. The molecule has 0 saturated carbocycles. The third-order valence-corrected chi connectivity index (χ3v) is 12.1. The van der Waals surface area contributed by atoms with Gasteiger partial charge in [0.15, 0.2) is 6.10 Å². The lowest BCUT2D eigenvalue weighted by molar-refractivity contribution is -0.167. The van der Waals surface area contributed by atoms with E-state index in [4.69, 9.17) is 14.2 Å². The van der Waals surface area contributed by atoms with Crippen molar-refractivity contribution in [2.45, 2.75) is 258 Å². The van der Waals surface area contributed by atoms with Gasteiger partial charge in [0.25, 0.3) is 0 Å². The van der Waals surface area contributed by atoms with Gasteiger partial charge in [-0.2, -0.15) is 0 Å². The Kier molecular flexibility index (Phi) is 56.4. The largest absolute Gasteiger partial charge is 0.462 e. The Labute approximate surface area is 449 Å². The summed E-state index contributed by atoms with van der Waals surface area (Å²) in [5, 5.41) is 0. The Morgan fingerprint density at radius 1 is 0.288 bits per heavy atom. The molecule has 0 spiro atoms. The summed E-state index contributed by atoms with van der Waals surface area (Å²) in [6.45, 7) is 6.39. The molecular formula is C67H108O6. The van der Waals surface area contributed by atoms with Gasteiger partial charge in [0, 0.05) is 19.3 Å². The number of hydrogen-bond donors (Lipinski definition) is 0. The van der Waals surface area contributed by atoms with Crippen LogP contribution in [0.1, 0.15) is 252 Å². The quantitative estimate of drug-likeness (QED) is 0.0261. The van der Waals surface area contributed by atoms with Crippen LogP contribution in [0.15, 0.2) is 134 Å². The van der Waals surface area contributed by atoms with E-state index >= 15 is 0 Å². The summed E-state index contributed by atoms with van der Waals surface area (Å²) < 4.78 is 16.8. The zero-order chi connectivity index (χ0) is 52.9. The van der Waals surface area contributed by atoms with Crippen LogP contribution in [0.4, 0.5) is 0 Å². The minimum absolute atomic E-state index is 0.106. The van der Waals surface area contributed by atoms with Gasteiger partial charge < -0.3 is 14.2 Å². The Hall–Kier alpha value is -4.45. The van der Waals surface area contributed by atoms with E-state index in [1.165, 1.54) is 57.8 Å². The highest BCUT2D eigenvalue weighted by atomic mass is 16.6. The van der Waals surface area contributed by atoms with Crippen molar-refractivity contribution in [2.24, 2.45) is 0 Å². The minimum Gasteiger partial charge on any atom is -0.462 e. The average Bonchev–Trinajstić information content (AvgIpc) is 3.39. The molecule has 0 aromatic carbocycles. The van der Waals surface area contributed by atoms with Gasteiger partial charge >= 0.3 is 17.9 Å². The maximum Gasteiger partial charge on any atom is 0.306 e. The van der Waals surface area contributed by atoms with Crippen LogP contribution in [0.25, 0.3) is 0 Å². The number of ether oxygens (including phenoxy) is 3. The zero-order valence-electron chi connectivity index (χ0n) is 47.1. The van der Waals surface area contributed by atoms with Crippen LogP contribution >= 0.6 is 0 Å². The molecule has 1 unspecified atom stereocenters. The molecule has 6 heteroatoms. The molecule has 0 fully saturated rings. The molecule has 0 saturated heterocycles. The van der Waals surface area contributed by atoms with Gasteiger partial charge in [0.05, 0.1) is 0 Å².